The Bertz CT molecular complexity index is 1700. The summed E-state index contributed by atoms with van der Waals surface area (Å²) in [5.74, 6) is -0.199. The molecule has 7 rings (SSSR count). The number of ether oxygens (including phenoxy) is 1. The van der Waals surface area contributed by atoms with Crippen LogP contribution in [0.25, 0.3) is 33.4 Å². The third-order valence-corrected chi connectivity index (χ3v) is 8.04. The fraction of sp³-hybridized carbons (Fsp3) is 0.290. The first kappa shape index (κ1) is 27.6. The van der Waals surface area contributed by atoms with Gasteiger partial charge >= 0.3 is 6.18 Å². The van der Waals surface area contributed by atoms with Crippen LogP contribution in [0.4, 0.5) is 23.2 Å². The fourth-order valence-corrected chi connectivity index (χ4v) is 5.87. The van der Waals surface area contributed by atoms with Crippen LogP contribution in [0.1, 0.15) is 40.0 Å². The van der Waals surface area contributed by atoms with E-state index in [1.54, 1.807) is 24.3 Å². The number of anilines is 1. The van der Waals surface area contributed by atoms with Crippen molar-refractivity contribution >= 4 is 28.5 Å². The van der Waals surface area contributed by atoms with E-state index < -0.39 is 24.4 Å². The molecule has 2 bridgehead atoms. The number of hydrogen-bond donors (Lipinski definition) is 3. The molecule has 11 heteroatoms. The van der Waals surface area contributed by atoms with Gasteiger partial charge in [-0.15, -0.1) is 0 Å². The molecule has 3 fully saturated rings. The zero-order valence-corrected chi connectivity index (χ0v) is 22.7. The molecule has 1 aromatic heterocycles. The minimum absolute atomic E-state index is 0.0821. The number of nitrogens with one attached hydrogen (secondary N) is 3. The van der Waals surface area contributed by atoms with E-state index in [9.17, 15) is 27.2 Å². The van der Waals surface area contributed by atoms with Gasteiger partial charge in [-0.25, -0.2) is 4.39 Å². The van der Waals surface area contributed by atoms with E-state index in [0.717, 1.165) is 19.3 Å². The molecular weight excluding hydrogens is 554 g/mol. The smallest absolute Gasteiger partial charge is 0.405 e. The number of carbonyl (C=O) groups excluding carboxylic acids is 2. The maximum absolute atomic E-state index is 13.6. The third kappa shape index (κ3) is 4.93. The number of halogens is 4. The maximum Gasteiger partial charge on any atom is 0.405 e. The first-order valence-corrected chi connectivity index (χ1v) is 13.4. The Labute approximate surface area is 238 Å². The zero-order valence-electron chi connectivity index (χ0n) is 22.7. The number of rotatable bonds is 8. The van der Waals surface area contributed by atoms with Crippen LogP contribution in [0.3, 0.4) is 0 Å². The van der Waals surface area contributed by atoms with Crippen molar-refractivity contribution in [3.8, 4) is 28.2 Å². The van der Waals surface area contributed by atoms with E-state index >= 15 is 0 Å². The summed E-state index contributed by atoms with van der Waals surface area (Å²) < 4.78 is 64.9. The number of alkyl halides is 3. The summed E-state index contributed by atoms with van der Waals surface area (Å²) in [6.07, 6.45) is -1.72. The van der Waals surface area contributed by atoms with Crippen molar-refractivity contribution in [2.24, 2.45) is 5.92 Å². The monoisotopic (exact) mass is 581 g/mol. The normalized spacial score (nSPS) is 19.0. The summed E-state index contributed by atoms with van der Waals surface area (Å²) >= 11 is 0. The van der Waals surface area contributed by atoms with Gasteiger partial charge in [-0.1, -0.05) is 6.07 Å². The number of hydrogen-bond acceptors (Lipinski definition) is 5. The molecule has 42 heavy (non-hydrogen) atoms. The summed E-state index contributed by atoms with van der Waals surface area (Å²) in [5.41, 5.74) is 1.56. The topological polar surface area (TPSA) is 92.6 Å². The molecule has 0 radical (unpaired) electrons. The number of carbonyl (C=O) groups is 2. The summed E-state index contributed by atoms with van der Waals surface area (Å²) in [6.45, 7) is -1.33. The van der Waals surface area contributed by atoms with Crippen LogP contribution < -0.4 is 20.7 Å². The van der Waals surface area contributed by atoms with Crippen LogP contribution in [-0.2, 0) is 0 Å². The lowest BCUT2D eigenvalue weighted by Crippen LogP contribution is -2.68. The number of furan rings is 1. The molecule has 7 nitrogen and oxygen atoms in total. The minimum Gasteiger partial charge on any atom is -0.496 e. The van der Waals surface area contributed by atoms with Gasteiger partial charge in [0.2, 0.25) is 0 Å². The number of amides is 2. The van der Waals surface area contributed by atoms with Crippen molar-refractivity contribution in [3.63, 3.8) is 0 Å². The standard InChI is InChI=1S/C31H27F4N3O4/c1-36-29(40)26-21-10-20(18-5-8-24(41-2)22(9-18)28(39)38-30-12-16(13-30)14-30)23(37-15-31(33,34)35)11-25(21)42-27(26)17-3-6-19(32)7-4-17/h3-11,16,37H,12-15H2,1-2H3,(H,36,40)(H,38,39). The van der Waals surface area contributed by atoms with Crippen LogP contribution >= 0.6 is 0 Å². The third-order valence-electron chi connectivity index (χ3n) is 8.04. The first-order chi connectivity index (χ1) is 20.0. The predicted molar refractivity (Wildman–Crippen MR) is 149 cm³/mol. The van der Waals surface area contributed by atoms with E-state index in [1.807, 2.05) is 0 Å². The number of methoxy groups -OCH3 is 1. The number of fused-ring (bicyclic) bond motifs is 1. The van der Waals surface area contributed by atoms with Crippen molar-refractivity contribution in [1.82, 2.24) is 10.6 Å². The summed E-state index contributed by atoms with van der Waals surface area (Å²) in [6, 6.07) is 13.1. The Hall–Kier alpha value is -4.54. The van der Waals surface area contributed by atoms with Gasteiger partial charge < -0.3 is 25.1 Å². The van der Waals surface area contributed by atoms with Crippen molar-refractivity contribution < 1.29 is 36.3 Å². The molecule has 0 spiro atoms. The molecule has 4 aromatic rings. The van der Waals surface area contributed by atoms with Crippen molar-refractivity contribution in [3.05, 3.63) is 71.5 Å². The molecule has 3 saturated carbocycles. The van der Waals surface area contributed by atoms with Gasteiger partial charge in [0.15, 0.2) is 0 Å². The Kier molecular flexibility index (Phi) is 6.63. The highest BCUT2D eigenvalue weighted by Crippen LogP contribution is 2.57. The highest BCUT2D eigenvalue weighted by molar-refractivity contribution is 6.13. The van der Waals surface area contributed by atoms with Gasteiger partial charge in [0.1, 0.15) is 29.5 Å². The molecule has 3 aliphatic carbocycles. The Morgan fingerprint density at radius 2 is 1.69 bits per heavy atom. The van der Waals surface area contributed by atoms with Crippen LogP contribution in [0, 0.1) is 11.7 Å². The lowest BCUT2D eigenvalue weighted by Gasteiger charge is -2.61. The maximum atomic E-state index is 13.6. The van der Waals surface area contributed by atoms with E-state index in [4.69, 9.17) is 9.15 Å². The second-order valence-electron chi connectivity index (χ2n) is 10.9. The van der Waals surface area contributed by atoms with Gasteiger partial charge in [-0.2, -0.15) is 13.2 Å². The van der Waals surface area contributed by atoms with E-state index in [2.05, 4.69) is 16.0 Å². The summed E-state index contributed by atoms with van der Waals surface area (Å²) in [5, 5.41) is 8.43. The predicted octanol–water partition coefficient (Wildman–Crippen LogP) is 6.53. The molecule has 0 aliphatic heterocycles. The molecule has 0 atom stereocenters. The highest BCUT2D eigenvalue weighted by Gasteiger charge is 2.57. The molecule has 1 heterocycles. The summed E-state index contributed by atoms with van der Waals surface area (Å²) in [4.78, 5) is 26.4. The molecule has 2 amide bonds. The Morgan fingerprint density at radius 3 is 2.29 bits per heavy atom. The first-order valence-electron chi connectivity index (χ1n) is 13.4. The lowest BCUT2D eigenvalue weighted by molar-refractivity contribution is -0.115. The second-order valence-corrected chi connectivity index (χ2v) is 10.9. The fourth-order valence-electron chi connectivity index (χ4n) is 5.87. The molecule has 3 N–H and O–H groups in total. The van der Waals surface area contributed by atoms with Crippen LogP contribution in [-0.4, -0.2) is 44.2 Å². The van der Waals surface area contributed by atoms with E-state index in [-0.39, 0.29) is 39.6 Å². The molecule has 218 valence electrons. The molecular formula is C31H27F4N3O4. The average Bonchev–Trinajstić information content (AvgIpc) is 3.30. The summed E-state index contributed by atoms with van der Waals surface area (Å²) in [7, 11) is 2.88. The van der Waals surface area contributed by atoms with Crippen LogP contribution in [0.5, 0.6) is 5.75 Å². The Morgan fingerprint density at radius 1 is 1.00 bits per heavy atom. The largest absolute Gasteiger partial charge is 0.496 e. The highest BCUT2D eigenvalue weighted by atomic mass is 19.4. The number of benzene rings is 3. The van der Waals surface area contributed by atoms with Crippen molar-refractivity contribution in [1.29, 1.82) is 0 Å². The van der Waals surface area contributed by atoms with Gasteiger partial charge in [0, 0.05) is 40.9 Å². The van der Waals surface area contributed by atoms with Gasteiger partial charge in [0.05, 0.1) is 18.2 Å². The van der Waals surface area contributed by atoms with E-state index in [1.165, 1.54) is 44.5 Å². The molecule has 0 saturated heterocycles. The van der Waals surface area contributed by atoms with Crippen LogP contribution in [0.2, 0.25) is 0 Å². The van der Waals surface area contributed by atoms with Gasteiger partial charge in [-0.05, 0) is 73.2 Å². The lowest BCUT2D eigenvalue weighted by atomic mass is 9.50. The van der Waals surface area contributed by atoms with Gasteiger partial charge in [-0.3, -0.25) is 9.59 Å². The van der Waals surface area contributed by atoms with Crippen molar-refractivity contribution in [2.75, 3.05) is 26.0 Å². The SMILES string of the molecule is CNC(=O)c1c(-c2ccc(F)cc2)oc2cc(NCC(F)(F)F)c(-c3ccc(OC)c(C(=O)NC45CC(C4)C5)c3)cc12. The van der Waals surface area contributed by atoms with Gasteiger partial charge in [0.25, 0.3) is 11.8 Å². The molecule has 3 aromatic carbocycles. The van der Waals surface area contributed by atoms with E-state index in [0.29, 0.717) is 33.7 Å². The van der Waals surface area contributed by atoms with Crippen LogP contribution in [0.15, 0.2) is 59.0 Å². The molecule has 0 unspecified atom stereocenters. The Balaban J connectivity index is 1.51. The molecule has 3 aliphatic rings. The zero-order chi connectivity index (χ0) is 29.8. The average molecular weight is 582 g/mol. The minimum atomic E-state index is -4.52. The van der Waals surface area contributed by atoms with Crippen molar-refractivity contribution in [2.45, 2.75) is 31.0 Å². The second kappa shape index (κ2) is 10.1. The quantitative estimate of drug-likeness (QED) is 0.206.